The van der Waals surface area contributed by atoms with Crippen LogP contribution in [0.15, 0.2) is 35.1 Å². The fourth-order valence-corrected chi connectivity index (χ4v) is 2.69. The second-order valence-electron chi connectivity index (χ2n) is 5.09. The van der Waals surface area contributed by atoms with Gasteiger partial charge in [0.15, 0.2) is 0 Å². The summed E-state index contributed by atoms with van der Waals surface area (Å²) in [5.74, 6) is -2.44. The van der Waals surface area contributed by atoms with Gasteiger partial charge in [-0.05, 0) is 30.8 Å². The van der Waals surface area contributed by atoms with Crippen LogP contribution in [-0.2, 0) is 6.42 Å². The van der Waals surface area contributed by atoms with Crippen LogP contribution in [0.4, 0.5) is 13.2 Å². The largest absolute Gasteiger partial charge is 0.330 e. The van der Waals surface area contributed by atoms with Gasteiger partial charge in [0.25, 0.3) is 5.56 Å². The first kappa shape index (κ1) is 16.5. The van der Waals surface area contributed by atoms with E-state index in [1.807, 2.05) is 0 Å². The Labute approximate surface area is 139 Å². The predicted octanol–water partition coefficient (Wildman–Crippen LogP) is 2.96. The van der Waals surface area contributed by atoms with E-state index >= 15 is 0 Å². The van der Waals surface area contributed by atoms with E-state index in [-0.39, 0.29) is 40.4 Å². The third-order valence-corrected chi connectivity index (χ3v) is 3.77. The number of nitrogens with zero attached hydrogens (tertiary/aromatic N) is 2. The van der Waals surface area contributed by atoms with Gasteiger partial charge in [-0.3, -0.25) is 9.36 Å². The number of hydrogen-bond donors (Lipinski definition) is 1. The zero-order valence-electron chi connectivity index (χ0n) is 12.2. The molecule has 0 fully saturated rings. The van der Waals surface area contributed by atoms with Gasteiger partial charge in [-0.2, -0.15) is 0 Å². The number of hydrogen-bond acceptors (Lipinski definition) is 3. The number of halogens is 4. The minimum Gasteiger partial charge on any atom is -0.330 e. The molecule has 124 valence electrons. The molecule has 0 radical (unpaired) electrons. The number of nitrogens with two attached hydrogens (primary N) is 1. The summed E-state index contributed by atoms with van der Waals surface area (Å²) in [7, 11) is 0. The van der Waals surface area contributed by atoms with E-state index in [2.05, 4.69) is 4.98 Å². The maximum Gasteiger partial charge on any atom is 0.269 e. The molecule has 0 saturated carbocycles. The second-order valence-corrected chi connectivity index (χ2v) is 5.49. The minimum absolute atomic E-state index is 0.0155. The van der Waals surface area contributed by atoms with Gasteiger partial charge in [0.1, 0.15) is 28.7 Å². The Bertz CT molecular complexity index is 984. The summed E-state index contributed by atoms with van der Waals surface area (Å²) < 4.78 is 42.1. The molecule has 0 spiro atoms. The molecule has 0 atom stereocenters. The maximum atomic E-state index is 14.1. The molecule has 0 aliphatic carbocycles. The van der Waals surface area contributed by atoms with Crippen molar-refractivity contribution in [1.29, 1.82) is 0 Å². The Morgan fingerprint density at radius 2 is 1.79 bits per heavy atom. The topological polar surface area (TPSA) is 60.9 Å². The van der Waals surface area contributed by atoms with Crippen molar-refractivity contribution in [1.82, 2.24) is 9.55 Å². The molecule has 0 bridgehead atoms. The first-order chi connectivity index (χ1) is 11.4. The predicted molar refractivity (Wildman–Crippen MR) is 85.0 cm³/mol. The van der Waals surface area contributed by atoms with Gasteiger partial charge in [0.2, 0.25) is 0 Å². The highest BCUT2D eigenvalue weighted by Crippen LogP contribution is 2.23. The molecule has 3 aromatic rings. The lowest BCUT2D eigenvalue weighted by Gasteiger charge is -2.14. The van der Waals surface area contributed by atoms with Crippen LogP contribution in [0.2, 0.25) is 5.02 Å². The fraction of sp³-hybridized carbons (Fsp3) is 0.125. The first-order valence-corrected chi connectivity index (χ1v) is 7.36. The van der Waals surface area contributed by atoms with Crippen LogP contribution in [0.5, 0.6) is 0 Å². The maximum absolute atomic E-state index is 14.1. The van der Waals surface area contributed by atoms with Crippen LogP contribution >= 0.6 is 11.6 Å². The van der Waals surface area contributed by atoms with Gasteiger partial charge in [-0.1, -0.05) is 11.6 Å². The second kappa shape index (κ2) is 6.26. The van der Waals surface area contributed by atoms with Crippen LogP contribution < -0.4 is 11.3 Å². The molecule has 8 heteroatoms. The zero-order chi connectivity index (χ0) is 17.4. The molecular formula is C16H11ClF3N3O. The minimum atomic E-state index is -0.873. The van der Waals surface area contributed by atoms with Crippen molar-refractivity contribution >= 4 is 22.5 Å². The van der Waals surface area contributed by atoms with E-state index in [0.717, 1.165) is 22.8 Å². The molecule has 4 nitrogen and oxygen atoms in total. The molecule has 3 rings (SSSR count). The van der Waals surface area contributed by atoms with E-state index in [1.165, 1.54) is 6.07 Å². The third-order valence-electron chi connectivity index (χ3n) is 3.47. The first-order valence-electron chi connectivity index (χ1n) is 6.98. The van der Waals surface area contributed by atoms with Crippen molar-refractivity contribution in [2.45, 2.75) is 6.42 Å². The Morgan fingerprint density at radius 1 is 1.12 bits per heavy atom. The highest BCUT2D eigenvalue weighted by molar-refractivity contribution is 6.35. The van der Waals surface area contributed by atoms with Gasteiger partial charge in [0.05, 0.1) is 16.2 Å². The summed E-state index contributed by atoms with van der Waals surface area (Å²) >= 11 is 5.99. The summed E-state index contributed by atoms with van der Waals surface area (Å²) in [4.78, 5) is 16.9. The summed E-state index contributed by atoms with van der Waals surface area (Å²) in [5.41, 5.74) is 4.59. The number of benzene rings is 2. The van der Waals surface area contributed by atoms with Crippen molar-refractivity contribution in [3.05, 3.63) is 69.0 Å². The molecular weight excluding hydrogens is 343 g/mol. The summed E-state index contributed by atoms with van der Waals surface area (Å²) in [6.45, 7) is 0.128. The standard InChI is InChI=1S/C16H11ClF3N3O/c17-11-1-2-12(20)14-15(11)22-13(3-4-21)23(16(14)24)10-6-8(18)5-9(19)7-10/h1-2,5-7H,3-4,21H2. The SMILES string of the molecule is NCCc1nc2c(Cl)ccc(F)c2c(=O)n1-c1cc(F)cc(F)c1. The summed E-state index contributed by atoms with van der Waals surface area (Å²) in [6, 6.07) is 4.90. The van der Waals surface area contributed by atoms with Gasteiger partial charge in [0, 0.05) is 12.5 Å². The third kappa shape index (κ3) is 2.76. The van der Waals surface area contributed by atoms with Crippen molar-refractivity contribution in [2.75, 3.05) is 6.54 Å². The lowest BCUT2D eigenvalue weighted by atomic mass is 10.2. The van der Waals surface area contributed by atoms with Gasteiger partial charge in [-0.25, -0.2) is 18.2 Å². The van der Waals surface area contributed by atoms with Crippen molar-refractivity contribution in [2.24, 2.45) is 5.73 Å². The van der Waals surface area contributed by atoms with Crippen LogP contribution in [0.25, 0.3) is 16.6 Å². The van der Waals surface area contributed by atoms with E-state index in [0.29, 0.717) is 6.07 Å². The number of rotatable bonds is 3. The number of aromatic nitrogens is 2. The Hall–Kier alpha value is -2.38. The van der Waals surface area contributed by atoms with E-state index in [1.54, 1.807) is 0 Å². The molecule has 0 unspecified atom stereocenters. The van der Waals surface area contributed by atoms with Gasteiger partial charge >= 0.3 is 0 Å². The van der Waals surface area contributed by atoms with Crippen molar-refractivity contribution in [3.8, 4) is 5.69 Å². The van der Waals surface area contributed by atoms with Crippen molar-refractivity contribution < 1.29 is 13.2 Å². The van der Waals surface area contributed by atoms with Crippen LogP contribution in [-0.4, -0.2) is 16.1 Å². The number of fused-ring (bicyclic) bond motifs is 1. The molecule has 2 aromatic carbocycles. The monoisotopic (exact) mass is 353 g/mol. The van der Waals surface area contributed by atoms with Crippen LogP contribution in [0, 0.1) is 17.5 Å². The Morgan fingerprint density at radius 3 is 2.42 bits per heavy atom. The molecule has 0 aliphatic heterocycles. The highest BCUT2D eigenvalue weighted by Gasteiger charge is 2.18. The highest BCUT2D eigenvalue weighted by atomic mass is 35.5. The molecule has 1 heterocycles. The molecule has 1 aromatic heterocycles. The molecule has 24 heavy (non-hydrogen) atoms. The Kier molecular flexibility index (Phi) is 4.29. The average Bonchev–Trinajstić information content (AvgIpc) is 2.50. The molecule has 0 aliphatic rings. The normalized spacial score (nSPS) is 11.2. The zero-order valence-corrected chi connectivity index (χ0v) is 12.9. The lowest BCUT2D eigenvalue weighted by molar-refractivity contribution is 0.580. The van der Waals surface area contributed by atoms with E-state index < -0.39 is 23.0 Å². The molecule has 0 saturated heterocycles. The van der Waals surface area contributed by atoms with Crippen molar-refractivity contribution in [3.63, 3.8) is 0 Å². The van der Waals surface area contributed by atoms with Gasteiger partial charge in [-0.15, -0.1) is 0 Å². The quantitative estimate of drug-likeness (QED) is 0.787. The van der Waals surface area contributed by atoms with E-state index in [4.69, 9.17) is 17.3 Å². The van der Waals surface area contributed by atoms with Gasteiger partial charge < -0.3 is 5.73 Å². The smallest absolute Gasteiger partial charge is 0.269 e. The molecule has 0 amide bonds. The fourth-order valence-electron chi connectivity index (χ4n) is 2.49. The Balaban J connectivity index is 2.45. The lowest BCUT2D eigenvalue weighted by Crippen LogP contribution is -2.26. The van der Waals surface area contributed by atoms with Crippen LogP contribution in [0.3, 0.4) is 0 Å². The van der Waals surface area contributed by atoms with Crippen LogP contribution in [0.1, 0.15) is 5.82 Å². The summed E-state index contributed by atoms with van der Waals surface area (Å²) in [6.07, 6.45) is 0.135. The molecule has 2 N–H and O–H groups in total. The van der Waals surface area contributed by atoms with E-state index in [9.17, 15) is 18.0 Å². The summed E-state index contributed by atoms with van der Waals surface area (Å²) in [5, 5.41) is -0.257. The average molecular weight is 354 g/mol.